The highest BCUT2D eigenvalue weighted by Crippen LogP contribution is 2.36. The summed E-state index contributed by atoms with van der Waals surface area (Å²) in [6, 6.07) is 2.15. The molecular formula is C11H9F3O5S. The quantitative estimate of drug-likeness (QED) is 0.922. The fraction of sp³-hybridized carbons (Fsp3) is 0.364. The summed E-state index contributed by atoms with van der Waals surface area (Å²) in [6.45, 7) is 0. The molecular weight excluding hydrogens is 301 g/mol. The zero-order valence-corrected chi connectivity index (χ0v) is 10.7. The highest BCUT2D eigenvalue weighted by molar-refractivity contribution is 7.92. The molecule has 0 aliphatic heterocycles. The van der Waals surface area contributed by atoms with E-state index in [-0.39, 0.29) is 0 Å². The molecule has 0 bridgehead atoms. The number of halogens is 3. The summed E-state index contributed by atoms with van der Waals surface area (Å²) >= 11 is 0. The zero-order chi connectivity index (χ0) is 15.1. The van der Waals surface area contributed by atoms with Crippen molar-refractivity contribution in [1.82, 2.24) is 0 Å². The van der Waals surface area contributed by atoms with Gasteiger partial charge in [-0.25, -0.2) is 13.2 Å². The van der Waals surface area contributed by atoms with Crippen LogP contribution >= 0.6 is 0 Å². The summed E-state index contributed by atoms with van der Waals surface area (Å²) in [5.41, 5.74) is -0.578. The van der Waals surface area contributed by atoms with E-state index >= 15 is 0 Å². The van der Waals surface area contributed by atoms with Gasteiger partial charge in [0.05, 0.1) is 15.7 Å². The first-order valence-electron chi connectivity index (χ1n) is 5.47. The summed E-state index contributed by atoms with van der Waals surface area (Å²) in [7, 11) is -3.81. The average Bonchev–Trinajstić information content (AvgIpc) is 3.09. The molecule has 0 spiro atoms. The van der Waals surface area contributed by atoms with E-state index < -0.39 is 43.6 Å². The second-order valence-electron chi connectivity index (χ2n) is 4.29. The standard InChI is InChI=1S/C11H9F3O5S/c12-11(13,14)19-7-3-6(10(15)16)4-9(5-7)20(17,18)8-1-2-8/h3-5,8H,1-2H2,(H,15,16). The lowest BCUT2D eigenvalue weighted by atomic mass is 10.2. The van der Waals surface area contributed by atoms with Gasteiger partial charge >= 0.3 is 12.3 Å². The molecule has 1 aromatic carbocycles. The van der Waals surface area contributed by atoms with Crippen molar-refractivity contribution in [3.63, 3.8) is 0 Å². The van der Waals surface area contributed by atoms with Crippen molar-refractivity contribution < 1.29 is 36.2 Å². The summed E-state index contributed by atoms with van der Waals surface area (Å²) < 4.78 is 64.0. The van der Waals surface area contributed by atoms with Crippen LogP contribution in [0, 0.1) is 0 Å². The average molecular weight is 310 g/mol. The van der Waals surface area contributed by atoms with Crippen LogP contribution in [0.15, 0.2) is 23.1 Å². The molecule has 1 saturated carbocycles. The monoisotopic (exact) mass is 310 g/mol. The lowest BCUT2D eigenvalue weighted by molar-refractivity contribution is -0.274. The molecule has 0 unspecified atom stereocenters. The summed E-state index contributed by atoms with van der Waals surface area (Å²) in [4.78, 5) is 10.4. The molecule has 1 aromatic rings. The molecule has 1 aliphatic carbocycles. The van der Waals surface area contributed by atoms with Crippen molar-refractivity contribution in [2.75, 3.05) is 0 Å². The van der Waals surface area contributed by atoms with E-state index in [0.717, 1.165) is 6.07 Å². The molecule has 5 nitrogen and oxygen atoms in total. The van der Waals surface area contributed by atoms with E-state index in [0.29, 0.717) is 25.0 Å². The molecule has 2 rings (SSSR count). The van der Waals surface area contributed by atoms with Gasteiger partial charge in [0.1, 0.15) is 5.75 Å². The minimum Gasteiger partial charge on any atom is -0.478 e. The maximum Gasteiger partial charge on any atom is 0.573 e. The number of aromatic carboxylic acids is 1. The molecule has 0 heterocycles. The number of carbonyl (C=O) groups is 1. The van der Waals surface area contributed by atoms with Crippen LogP contribution in [0.5, 0.6) is 5.75 Å². The molecule has 0 atom stereocenters. The summed E-state index contributed by atoms with van der Waals surface area (Å²) in [5, 5.41) is 8.16. The molecule has 110 valence electrons. The number of hydrogen-bond acceptors (Lipinski definition) is 4. The molecule has 0 amide bonds. The van der Waals surface area contributed by atoms with Gasteiger partial charge in [0.25, 0.3) is 0 Å². The van der Waals surface area contributed by atoms with Crippen molar-refractivity contribution >= 4 is 15.8 Å². The summed E-state index contributed by atoms with van der Waals surface area (Å²) in [6.07, 6.45) is -4.21. The van der Waals surface area contributed by atoms with E-state index in [1.54, 1.807) is 0 Å². The van der Waals surface area contributed by atoms with Crippen molar-refractivity contribution in [1.29, 1.82) is 0 Å². The van der Waals surface area contributed by atoms with Crippen LogP contribution in [0.3, 0.4) is 0 Å². The van der Waals surface area contributed by atoms with Gasteiger partial charge in [-0.05, 0) is 31.0 Å². The van der Waals surface area contributed by atoms with Gasteiger partial charge in [-0.1, -0.05) is 0 Å². The number of carboxylic acid groups (broad SMARTS) is 1. The number of benzene rings is 1. The lowest BCUT2D eigenvalue weighted by Crippen LogP contribution is -2.18. The van der Waals surface area contributed by atoms with Gasteiger partial charge in [0.15, 0.2) is 9.84 Å². The van der Waals surface area contributed by atoms with E-state index in [2.05, 4.69) is 4.74 Å². The van der Waals surface area contributed by atoms with Crippen LogP contribution in [-0.4, -0.2) is 31.1 Å². The second-order valence-corrected chi connectivity index (χ2v) is 6.52. The largest absolute Gasteiger partial charge is 0.573 e. The number of sulfone groups is 1. The Morgan fingerprint density at radius 3 is 2.30 bits per heavy atom. The molecule has 1 aliphatic rings. The van der Waals surface area contributed by atoms with Gasteiger partial charge < -0.3 is 9.84 Å². The van der Waals surface area contributed by atoms with Crippen LogP contribution in [0.25, 0.3) is 0 Å². The second kappa shape index (κ2) is 4.65. The van der Waals surface area contributed by atoms with Gasteiger partial charge in [-0.2, -0.15) is 0 Å². The fourth-order valence-corrected chi connectivity index (χ4v) is 3.34. The Morgan fingerprint density at radius 1 is 1.25 bits per heavy atom. The number of hydrogen-bond donors (Lipinski definition) is 1. The van der Waals surface area contributed by atoms with Crippen LogP contribution in [0.1, 0.15) is 23.2 Å². The number of alkyl halides is 3. The molecule has 9 heteroatoms. The smallest absolute Gasteiger partial charge is 0.478 e. The number of ether oxygens (including phenoxy) is 1. The predicted molar refractivity (Wildman–Crippen MR) is 60.3 cm³/mol. The Balaban J connectivity index is 2.49. The van der Waals surface area contributed by atoms with Gasteiger partial charge in [-0.15, -0.1) is 13.2 Å². The fourth-order valence-electron chi connectivity index (χ4n) is 1.62. The third-order valence-corrected chi connectivity index (χ3v) is 4.89. The minimum atomic E-state index is -5.03. The molecule has 20 heavy (non-hydrogen) atoms. The third-order valence-electron chi connectivity index (χ3n) is 2.65. The first-order chi connectivity index (χ1) is 9.09. The first kappa shape index (κ1) is 14.6. The molecule has 0 radical (unpaired) electrons. The number of rotatable bonds is 4. The maximum absolute atomic E-state index is 12.2. The maximum atomic E-state index is 12.2. The summed E-state index contributed by atoms with van der Waals surface area (Å²) in [5.74, 6) is -2.40. The van der Waals surface area contributed by atoms with Crippen LogP contribution < -0.4 is 4.74 Å². The zero-order valence-electron chi connectivity index (χ0n) is 9.85. The van der Waals surface area contributed by atoms with Crippen LogP contribution in [-0.2, 0) is 9.84 Å². The Bertz CT molecular complexity index is 647. The highest BCUT2D eigenvalue weighted by Gasteiger charge is 2.38. The van der Waals surface area contributed by atoms with Gasteiger partial charge in [0, 0.05) is 0 Å². The van der Waals surface area contributed by atoms with Crippen molar-refractivity contribution in [3.05, 3.63) is 23.8 Å². The van der Waals surface area contributed by atoms with Crippen LogP contribution in [0.2, 0.25) is 0 Å². The van der Waals surface area contributed by atoms with E-state index in [4.69, 9.17) is 5.11 Å². The van der Waals surface area contributed by atoms with E-state index in [1.807, 2.05) is 0 Å². The molecule has 1 fully saturated rings. The van der Waals surface area contributed by atoms with Crippen molar-refractivity contribution in [3.8, 4) is 5.75 Å². The van der Waals surface area contributed by atoms with E-state index in [9.17, 15) is 26.4 Å². The Morgan fingerprint density at radius 2 is 1.85 bits per heavy atom. The van der Waals surface area contributed by atoms with Gasteiger partial charge in [-0.3, -0.25) is 0 Å². The lowest BCUT2D eigenvalue weighted by Gasteiger charge is -2.11. The van der Waals surface area contributed by atoms with E-state index in [1.165, 1.54) is 0 Å². The Hall–Kier alpha value is -1.77. The topological polar surface area (TPSA) is 80.7 Å². The van der Waals surface area contributed by atoms with Crippen molar-refractivity contribution in [2.45, 2.75) is 29.3 Å². The molecule has 0 aromatic heterocycles. The predicted octanol–water partition coefficient (Wildman–Crippen LogP) is 2.22. The van der Waals surface area contributed by atoms with Crippen LogP contribution in [0.4, 0.5) is 13.2 Å². The first-order valence-corrected chi connectivity index (χ1v) is 7.02. The molecule has 0 saturated heterocycles. The number of carboxylic acids is 1. The third kappa shape index (κ3) is 3.21. The van der Waals surface area contributed by atoms with Crippen molar-refractivity contribution in [2.24, 2.45) is 0 Å². The molecule has 1 N–H and O–H groups in total. The van der Waals surface area contributed by atoms with Gasteiger partial charge in [0.2, 0.25) is 0 Å². The SMILES string of the molecule is O=C(O)c1cc(OC(F)(F)F)cc(S(=O)(=O)C2CC2)c1. The Labute approximate surface area is 111 Å². The Kier molecular flexibility index (Phi) is 3.41. The highest BCUT2D eigenvalue weighted by atomic mass is 32.2. The minimum absolute atomic E-state index is 0.412. The normalized spacial score (nSPS) is 15.9.